The van der Waals surface area contributed by atoms with Gasteiger partial charge in [-0.1, -0.05) is 6.92 Å². The number of aromatic nitrogens is 2. The minimum absolute atomic E-state index is 0.485. The van der Waals surface area contributed by atoms with Crippen LogP contribution in [0.3, 0.4) is 0 Å². The van der Waals surface area contributed by atoms with Crippen molar-refractivity contribution in [3.8, 4) is 0 Å². The molecule has 0 atom stereocenters. The summed E-state index contributed by atoms with van der Waals surface area (Å²) in [5.41, 5.74) is 3.60. The van der Waals surface area contributed by atoms with Crippen LogP contribution in [0.4, 0.5) is 11.8 Å². The third kappa shape index (κ3) is 2.24. The van der Waals surface area contributed by atoms with Gasteiger partial charge in [0.25, 0.3) is 0 Å². The standard InChI is InChI=1S/C11H19N5/c1-8-3-5-16(6-4-8)10-9(2)7-13-11(14-10)15-12/h7-8H,3-6,12H2,1-2H3,(H,13,14,15). The van der Waals surface area contributed by atoms with Gasteiger partial charge in [0.05, 0.1) is 0 Å². The monoisotopic (exact) mass is 221 g/mol. The second-order valence-electron chi connectivity index (χ2n) is 4.51. The Bertz CT molecular complexity index is 357. The predicted molar refractivity (Wildman–Crippen MR) is 65.2 cm³/mol. The summed E-state index contributed by atoms with van der Waals surface area (Å²) in [4.78, 5) is 10.8. The highest BCUT2D eigenvalue weighted by molar-refractivity contribution is 5.48. The maximum atomic E-state index is 5.33. The van der Waals surface area contributed by atoms with E-state index in [0.717, 1.165) is 30.4 Å². The highest BCUT2D eigenvalue weighted by Crippen LogP contribution is 2.24. The first-order valence-electron chi connectivity index (χ1n) is 5.76. The van der Waals surface area contributed by atoms with Crippen LogP contribution in [0.2, 0.25) is 0 Å². The summed E-state index contributed by atoms with van der Waals surface area (Å²) in [6, 6.07) is 0. The molecule has 0 unspecified atom stereocenters. The molecule has 0 bridgehead atoms. The minimum atomic E-state index is 0.485. The van der Waals surface area contributed by atoms with Gasteiger partial charge in [0.15, 0.2) is 0 Å². The first kappa shape index (κ1) is 11.1. The zero-order chi connectivity index (χ0) is 11.5. The van der Waals surface area contributed by atoms with Gasteiger partial charge in [-0.15, -0.1) is 0 Å². The van der Waals surface area contributed by atoms with E-state index in [9.17, 15) is 0 Å². The first-order valence-corrected chi connectivity index (χ1v) is 5.76. The van der Waals surface area contributed by atoms with E-state index in [-0.39, 0.29) is 0 Å². The molecule has 0 radical (unpaired) electrons. The molecule has 0 saturated carbocycles. The molecule has 1 aromatic heterocycles. The molecule has 1 aromatic rings. The summed E-state index contributed by atoms with van der Waals surface area (Å²) >= 11 is 0. The summed E-state index contributed by atoms with van der Waals surface area (Å²) < 4.78 is 0. The summed E-state index contributed by atoms with van der Waals surface area (Å²) in [6.07, 6.45) is 4.28. The number of nitrogens with zero attached hydrogens (tertiary/aromatic N) is 3. The van der Waals surface area contributed by atoms with Gasteiger partial charge in [-0.25, -0.2) is 10.8 Å². The van der Waals surface area contributed by atoms with Crippen molar-refractivity contribution >= 4 is 11.8 Å². The maximum Gasteiger partial charge on any atom is 0.239 e. The lowest BCUT2D eigenvalue weighted by molar-refractivity contribution is 0.436. The molecular weight excluding hydrogens is 202 g/mol. The number of anilines is 2. The van der Waals surface area contributed by atoms with Crippen molar-refractivity contribution in [3.63, 3.8) is 0 Å². The number of nitrogen functional groups attached to an aromatic ring is 1. The van der Waals surface area contributed by atoms with E-state index in [1.165, 1.54) is 12.8 Å². The van der Waals surface area contributed by atoms with Crippen molar-refractivity contribution < 1.29 is 0 Å². The average Bonchev–Trinajstić information content (AvgIpc) is 2.31. The second kappa shape index (κ2) is 4.65. The molecule has 5 heteroatoms. The molecule has 0 aromatic carbocycles. The molecule has 2 heterocycles. The molecule has 3 N–H and O–H groups in total. The molecule has 2 rings (SSSR count). The summed E-state index contributed by atoms with van der Waals surface area (Å²) in [7, 11) is 0. The van der Waals surface area contributed by atoms with Gasteiger partial charge in [0.1, 0.15) is 5.82 Å². The molecular formula is C11H19N5. The van der Waals surface area contributed by atoms with Crippen molar-refractivity contribution in [1.82, 2.24) is 9.97 Å². The van der Waals surface area contributed by atoms with Gasteiger partial charge in [0, 0.05) is 24.8 Å². The van der Waals surface area contributed by atoms with E-state index < -0.39 is 0 Å². The fourth-order valence-corrected chi connectivity index (χ4v) is 2.04. The van der Waals surface area contributed by atoms with Gasteiger partial charge in [-0.05, 0) is 25.7 Å². The van der Waals surface area contributed by atoms with Crippen molar-refractivity contribution in [2.45, 2.75) is 26.7 Å². The Hall–Kier alpha value is -1.36. The third-order valence-electron chi connectivity index (χ3n) is 3.16. The van der Waals surface area contributed by atoms with E-state index in [0.29, 0.717) is 5.95 Å². The van der Waals surface area contributed by atoms with E-state index in [2.05, 4.69) is 27.2 Å². The van der Waals surface area contributed by atoms with Crippen LogP contribution in [0.1, 0.15) is 25.3 Å². The normalized spacial score (nSPS) is 17.6. The largest absolute Gasteiger partial charge is 0.356 e. The van der Waals surface area contributed by atoms with E-state index >= 15 is 0 Å². The summed E-state index contributed by atoms with van der Waals surface area (Å²) in [5, 5.41) is 0. The molecule has 5 nitrogen and oxygen atoms in total. The van der Waals surface area contributed by atoms with Crippen LogP contribution in [0.5, 0.6) is 0 Å². The van der Waals surface area contributed by atoms with Crippen LogP contribution >= 0.6 is 0 Å². The highest BCUT2D eigenvalue weighted by atomic mass is 15.3. The van der Waals surface area contributed by atoms with Gasteiger partial charge < -0.3 is 4.90 Å². The van der Waals surface area contributed by atoms with Crippen LogP contribution in [0.15, 0.2) is 6.20 Å². The number of hydrazine groups is 1. The number of nitrogens with two attached hydrogens (primary N) is 1. The highest BCUT2D eigenvalue weighted by Gasteiger charge is 2.18. The molecule has 16 heavy (non-hydrogen) atoms. The molecule has 1 aliphatic heterocycles. The lowest BCUT2D eigenvalue weighted by atomic mass is 9.99. The van der Waals surface area contributed by atoms with Crippen molar-refractivity contribution in [2.24, 2.45) is 11.8 Å². The number of piperidine rings is 1. The fraction of sp³-hybridized carbons (Fsp3) is 0.636. The first-order chi connectivity index (χ1) is 7.70. The van der Waals surface area contributed by atoms with Gasteiger partial charge in [0.2, 0.25) is 5.95 Å². The van der Waals surface area contributed by atoms with Gasteiger partial charge in [-0.3, -0.25) is 5.43 Å². The fourth-order valence-electron chi connectivity index (χ4n) is 2.04. The molecule has 0 aliphatic carbocycles. The SMILES string of the molecule is Cc1cnc(NN)nc1N1CCC(C)CC1. The quantitative estimate of drug-likeness (QED) is 0.582. The number of nitrogens with one attached hydrogen (secondary N) is 1. The smallest absolute Gasteiger partial charge is 0.239 e. The van der Waals surface area contributed by atoms with Gasteiger partial charge >= 0.3 is 0 Å². The molecule has 0 spiro atoms. The van der Waals surface area contributed by atoms with Crippen LogP contribution in [-0.2, 0) is 0 Å². The number of hydrogen-bond acceptors (Lipinski definition) is 5. The maximum absolute atomic E-state index is 5.33. The van der Waals surface area contributed by atoms with Crippen molar-refractivity contribution in [2.75, 3.05) is 23.4 Å². The molecule has 1 fully saturated rings. The Morgan fingerprint density at radius 1 is 1.44 bits per heavy atom. The lowest BCUT2D eigenvalue weighted by Gasteiger charge is -2.32. The number of aryl methyl sites for hydroxylation is 1. The summed E-state index contributed by atoms with van der Waals surface area (Å²) in [5.74, 6) is 7.65. The van der Waals surface area contributed by atoms with Crippen molar-refractivity contribution in [1.29, 1.82) is 0 Å². The molecule has 1 aliphatic rings. The number of rotatable bonds is 2. The Labute approximate surface area is 96.0 Å². The van der Waals surface area contributed by atoms with E-state index in [4.69, 9.17) is 5.84 Å². The average molecular weight is 221 g/mol. The van der Waals surface area contributed by atoms with Crippen molar-refractivity contribution in [3.05, 3.63) is 11.8 Å². The predicted octanol–water partition coefficient (Wildman–Crippen LogP) is 1.31. The lowest BCUT2D eigenvalue weighted by Crippen LogP contribution is -2.34. The Kier molecular flexibility index (Phi) is 3.24. The van der Waals surface area contributed by atoms with Gasteiger partial charge in [-0.2, -0.15) is 4.98 Å². The summed E-state index contributed by atoms with van der Waals surface area (Å²) in [6.45, 7) is 6.48. The van der Waals surface area contributed by atoms with Crippen LogP contribution < -0.4 is 16.2 Å². The Morgan fingerprint density at radius 2 is 2.12 bits per heavy atom. The number of hydrogen-bond donors (Lipinski definition) is 2. The Balaban J connectivity index is 2.19. The molecule has 88 valence electrons. The molecule has 1 saturated heterocycles. The Morgan fingerprint density at radius 3 is 2.75 bits per heavy atom. The van der Waals surface area contributed by atoms with Crippen LogP contribution in [0, 0.1) is 12.8 Å². The third-order valence-corrected chi connectivity index (χ3v) is 3.16. The molecule has 0 amide bonds. The topological polar surface area (TPSA) is 67.1 Å². The second-order valence-corrected chi connectivity index (χ2v) is 4.51. The van der Waals surface area contributed by atoms with E-state index in [1.807, 2.05) is 13.1 Å². The van der Waals surface area contributed by atoms with Crippen LogP contribution in [-0.4, -0.2) is 23.1 Å². The van der Waals surface area contributed by atoms with E-state index in [1.54, 1.807) is 0 Å². The zero-order valence-electron chi connectivity index (χ0n) is 9.90. The zero-order valence-corrected chi connectivity index (χ0v) is 9.90. The minimum Gasteiger partial charge on any atom is -0.356 e. The van der Waals surface area contributed by atoms with Crippen LogP contribution in [0.25, 0.3) is 0 Å².